The molecular weight excluding hydrogens is 280 g/mol. The molecule has 3 atom stereocenters. The van der Waals surface area contributed by atoms with E-state index >= 15 is 0 Å². The second-order valence-corrected chi connectivity index (χ2v) is 6.97. The number of hydrogen-bond acceptors (Lipinski definition) is 4. The molecule has 22 heavy (non-hydrogen) atoms. The van der Waals surface area contributed by atoms with Gasteiger partial charge in [-0.3, -0.25) is 14.4 Å². The van der Waals surface area contributed by atoms with Crippen molar-refractivity contribution in [2.45, 2.75) is 38.0 Å². The van der Waals surface area contributed by atoms with E-state index < -0.39 is 0 Å². The van der Waals surface area contributed by atoms with E-state index in [1.807, 2.05) is 24.1 Å². The summed E-state index contributed by atoms with van der Waals surface area (Å²) in [5, 5.41) is 7.42. The lowest BCUT2D eigenvalue weighted by molar-refractivity contribution is -0.131. The number of carbonyl (C=O) groups excluding carboxylic acids is 1. The number of aromatic nitrogens is 2. The molecule has 3 fully saturated rings. The van der Waals surface area contributed by atoms with Crippen LogP contribution in [0.15, 0.2) is 12.4 Å². The van der Waals surface area contributed by atoms with Crippen molar-refractivity contribution in [3.63, 3.8) is 0 Å². The van der Waals surface area contributed by atoms with Crippen molar-refractivity contribution in [2.24, 2.45) is 18.9 Å². The molecule has 1 aromatic rings. The SMILES string of the molecule is Cn1cc(CN2C[C@H](C(=O)NC3CC3)[C@@H]3CCO[C@@H]3C2)cn1. The predicted octanol–water partition coefficient (Wildman–Crippen LogP) is 0.536. The lowest BCUT2D eigenvalue weighted by atomic mass is 9.82. The summed E-state index contributed by atoms with van der Waals surface area (Å²) >= 11 is 0. The number of ether oxygens (including phenoxy) is 1. The van der Waals surface area contributed by atoms with Gasteiger partial charge < -0.3 is 10.1 Å². The van der Waals surface area contributed by atoms with Crippen LogP contribution in [0.4, 0.5) is 0 Å². The second-order valence-electron chi connectivity index (χ2n) is 6.97. The Morgan fingerprint density at radius 2 is 2.27 bits per heavy atom. The Labute approximate surface area is 130 Å². The maximum atomic E-state index is 12.6. The fourth-order valence-corrected chi connectivity index (χ4v) is 3.81. The number of likely N-dealkylation sites (tertiary alicyclic amines) is 1. The first kappa shape index (κ1) is 14.2. The van der Waals surface area contributed by atoms with Gasteiger partial charge in [0.05, 0.1) is 18.2 Å². The maximum absolute atomic E-state index is 12.6. The van der Waals surface area contributed by atoms with Crippen LogP contribution >= 0.6 is 0 Å². The fourth-order valence-electron chi connectivity index (χ4n) is 3.81. The molecule has 0 spiro atoms. The smallest absolute Gasteiger partial charge is 0.225 e. The molecule has 4 rings (SSSR count). The first-order chi connectivity index (χ1) is 10.7. The summed E-state index contributed by atoms with van der Waals surface area (Å²) in [4.78, 5) is 14.9. The highest BCUT2D eigenvalue weighted by Crippen LogP contribution is 2.35. The number of piperidine rings is 1. The number of nitrogens with zero attached hydrogens (tertiary/aromatic N) is 3. The highest BCUT2D eigenvalue weighted by molar-refractivity contribution is 5.80. The highest BCUT2D eigenvalue weighted by atomic mass is 16.5. The third-order valence-corrected chi connectivity index (χ3v) is 5.10. The number of rotatable bonds is 4. The van der Waals surface area contributed by atoms with Crippen LogP contribution in [-0.2, 0) is 23.1 Å². The third kappa shape index (κ3) is 2.90. The van der Waals surface area contributed by atoms with Crippen LogP contribution in [0, 0.1) is 11.8 Å². The molecule has 120 valence electrons. The number of fused-ring (bicyclic) bond motifs is 1. The van der Waals surface area contributed by atoms with Gasteiger partial charge in [0, 0.05) is 57.0 Å². The molecule has 0 unspecified atom stereocenters. The molecule has 1 aromatic heterocycles. The van der Waals surface area contributed by atoms with Gasteiger partial charge in [0.1, 0.15) is 0 Å². The topological polar surface area (TPSA) is 59.4 Å². The summed E-state index contributed by atoms with van der Waals surface area (Å²) in [5.41, 5.74) is 1.19. The molecular formula is C16H24N4O2. The summed E-state index contributed by atoms with van der Waals surface area (Å²) in [7, 11) is 1.93. The molecule has 6 heteroatoms. The van der Waals surface area contributed by atoms with Crippen LogP contribution in [0.2, 0.25) is 0 Å². The van der Waals surface area contributed by atoms with Gasteiger partial charge in [0.2, 0.25) is 5.91 Å². The molecule has 0 radical (unpaired) electrons. The molecule has 3 aliphatic rings. The van der Waals surface area contributed by atoms with Crippen LogP contribution in [0.1, 0.15) is 24.8 Å². The number of hydrogen-bond donors (Lipinski definition) is 1. The third-order valence-electron chi connectivity index (χ3n) is 5.10. The van der Waals surface area contributed by atoms with E-state index in [9.17, 15) is 4.79 Å². The molecule has 0 bridgehead atoms. The number of amides is 1. The average molecular weight is 304 g/mol. The second kappa shape index (κ2) is 5.66. The van der Waals surface area contributed by atoms with E-state index in [2.05, 4.69) is 15.3 Å². The van der Waals surface area contributed by atoms with Gasteiger partial charge >= 0.3 is 0 Å². The first-order valence-electron chi connectivity index (χ1n) is 8.31. The Morgan fingerprint density at radius 1 is 1.41 bits per heavy atom. The Morgan fingerprint density at radius 3 is 3.00 bits per heavy atom. The number of carbonyl (C=O) groups is 1. The summed E-state index contributed by atoms with van der Waals surface area (Å²) in [5.74, 6) is 0.696. The number of nitrogens with one attached hydrogen (secondary N) is 1. The van der Waals surface area contributed by atoms with Crippen molar-refractivity contribution in [3.05, 3.63) is 18.0 Å². The minimum absolute atomic E-state index is 0.0681. The van der Waals surface area contributed by atoms with Gasteiger partial charge in [0.15, 0.2) is 0 Å². The lowest BCUT2D eigenvalue weighted by Crippen LogP contribution is -2.52. The Kier molecular flexibility index (Phi) is 3.66. The average Bonchev–Trinajstić information content (AvgIpc) is 3.01. The Balaban J connectivity index is 1.45. The van der Waals surface area contributed by atoms with Crippen molar-refractivity contribution in [2.75, 3.05) is 19.7 Å². The fraction of sp³-hybridized carbons (Fsp3) is 0.750. The standard InChI is InChI=1S/C16H24N4O2/c1-19-7-11(6-17-19)8-20-9-14(16(21)18-12-2-3-12)13-4-5-22-15(13)10-20/h6-7,12-15H,2-5,8-10H2,1H3,(H,18,21)/t13-,14-,15+/m0/s1. The molecule has 2 aliphatic heterocycles. The normalized spacial score (nSPS) is 32.0. The van der Waals surface area contributed by atoms with Gasteiger partial charge in [-0.1, -0.05) is 0 Å². The quantitative estimate of drug-likeness (QED) is 0.882. The van der Waals surface area contributed by atoms with E-state index in [0.717, 1.165) is 45.5 Å². The molecule has 6 nitrogen and oxygen atoms in total. The zero-order valence-corrected chi connectivity index (χ0v) is 13.1. The summed E-state index contributed by atoms with van der Waals surface area (Å²) < 4.78 is 7.71. The highest BCUT2D eigenvalue weighted by Gasteiger charge is 2.44. The van der Waals surface area contributed by atoms with E-state index in [4.69, 9.17) is 4.74 Å². The molecule has 1 aliphatic carbocycles. The molecule has 1 N–H and O–H groups in total. The summed E-state index contributed by atoms with van der Waals surface area (Å²) in [6.45, 7) is 3.39. The van der Waals surface area contributed by atoms with Crippen LogP contribution in [0.5, 0.6) is 0 Å². The van der Waals surface area contributed by atoms with Crippen LogP contribution in [-0.4, -0.2) is 52.4 Å². The first-order valence-corrected chi connectivity index (χ1v) is 8.31. The molecule has 2 saturated heterocycles. The summed E-state index contributed by atoms with van der Waals surface area (Å²) in [6.07, 6.45) is 7.46. The predicted molar refractivity (Wildman–Crippen MR) is 81.0 cm³/mol. The van der Waals surface area contributed by atoms with Gasteiger partial charge in [-0.05, 0) is 19.3 Å². The molecule has 1 saturated carbocycles. The Bertz CT molecular complexity index is 554. The van der Waals surface area contributed by atoms with E-state index in [-0.39, 0.29) is 17.9 Å². The largest absolute Gasteiger partial charge is 0.377 e. The van der Waals surface area contributed by atoms with Gasteiger partial charge in [-0.25, -0.2) is 0 Å². The van der Waals surface area contributed by atoms with Gasteiger partial charge in [-0.15, -0.1) is 0 Å². The zero-order chi connectivity index (χ0) is 15.1. The lowest BCUT2D eigenvalue weighted by Gasteiger charge is -2.39. The molecule has 1 amide bonds. The number of aryl methyl sites for hydroxylation is 1. The van der Waals surface area contributed by atoms with Gasteiger partial charge in [0.25, 0.3) is 0 Å². The van der Waals surface area contributed by atoms with Crippen molar-refractivity contribution in [1.82, 2.24) is 20.0 Å². The molecule has 3 heterocycles. The van der Waals surface area contributed by atoms with Gasteiger partial charge in [-0.2, -0.15) is 5.10 Å². The van der Waals surface area contributed by atoms with E-state index in [1.54, 1.807) is 0 Å². The Hall–Kier alpha value is -1.40. The van der Waals surface area contributed by atoms with Crippen LogP contribution < -0.4 is 5.32 Å². The van der Waals surface area contributed by atoms with Crippen molar-refractivity contribution < 1.29 is 9.53 Å². The minimum Gasteiger partial charge on any atom is -0.377 e. The monoisotopic (exact) mass is 304 g/mol. The van der Waals surface area contributed by atoms with Crippen molar-refractivity contribution in [1.29, 1.82) is 0 Å². The maximum Gasteiger partial charge on any atom is 0.225 e. The van der Waals surface area contributed by atoms with Crippen LogP contribution in [0.3, 0.4) is 0 Å². The van der Waals surface area contributed by atoms with E-state index in [0.29, 0.717) is 12.0 Å². The van der Waals surface area contributed by atoms with Crippen LogP contribution in [0.25, 0.3) is 0 Å². The zero-order valence-electron chi connectivity index (χ0n) is 13.1. The summed E-state index contributed by atoms with van der Waals surface area (Å²) in [6, 6.07) is 0.432. The minimum atomic E-state index is 0.0681. The molecule has 0 aromatic carbocycles. The van der Waals surface area contributed by atoms with Crippen molar-refractivity contribution >= 4 is 5.91 Å². The van der Waals surface area contributed by atoms with E-state index in [1.165, 1.54) is 5.56 Å². The van der Waals surface area contributed by atoms with Crippen molar-refractivity contribution in [3.8, 4) is 0 Å².